The molecule has 0 spiro atoms. The molecule has 0 fully saturated rings. The van der Waals surface area contributed by atoms with Gasteiger partial charge in [0.15, 0.2) is 0 Å². The highest BCUT2D eigenvalue weighted by Gasteiger charge is 2.15. The molecule has 0 unspecified atom stereocenters. The number of aryl methyl sites for hydroxylation is 1. The van der Waals surface area contributed by atoms with Crippen LogP contribution in [0.15, 0.2) is 35.1 Å². The first-order valence-corrected chi connectivity index (χ1v) is 8.04. The lowest BCUT2D eigenvalue weighted by Crippen LogP contribution is -2.28. The van der Waals surface area contributed by atoms with Gasteiger partial charge in [-0.1, -0.05) is 18.5 Å². The number of esters is 1. The number of benzene rings is 1. The molecular formula is C16H14N2O3Si. The van der Waals surface area contributed by atoms with E-state index in [2.05, 4.69) is 21.3 Å². The van der Waals surface area contributed by atoms with E-state index in [1.807, 2.05) is 12.6 Å². The van der Waals surface area contributed by atoms with Crippen molar-refractivity contribution in [1.29, 1.82) is 0 Å². The van der Waals surface area contributed by atoms with Crippen LogP contribution in [0.3, 0.4) is 0 Å². The molecule has 0 atom stereocenters. The molecule has 1 aromatic carbocycles. The standard InChI is InChI=1S/C16H14N2O3Si/c1-11-9-14(16(20)21-2)15(19)18(17-11)13-6-4-5-12(10-13)7-8-22-3/h4-6,9-10H,1-3H3. The minimum Gasteiger partial charge on any atom is -0.465 e. The van der Waals surface area contributed by atoms with Crippen LogP contribution >= 0.6 is 0 Å². The first-order valence-electron chi connectivity index (χ1n) is 6.54. The van der Waals surface area contributed by atoms with E-state index < -0.39 is 11.5 Å². The van der Waals surface area contributed by atoms with Crippen LogP contribution in [0.5, 0.6) is 0 Å². The van der Waals surface area contributed by atoms with Gasteiger partial charge in [0.1, 0.15) is 15.1 Å². The van der Waals surface area contributed by atoms with Crippen LogP contribution in [0, 0.1) is 18.4 Å². The lowest BCUT2D eigenvalue weighted by Gasteiger charge is -2.08. The number of carbonyl (C=O) groups excluding carboxylic acids is 1. The molecule has 0 bridgehead atoms. The minimum atomic E-state index is -0.674. The third-order valence-corrected chi connectivity index (χ3v) is 3.24. The molecule has 0 saturated heterocycles. The fraction of sp³-hybridized carbons (Fsp3) is 0.188. The molecule has 110 valence electrons. The Labute approximate surface area is 130 Å². The van der Waals surface area contributed by atoms with Gasteiger partial charge >= 0.3 is 5.97 Å². The molecule has 2 rings (SSSR count). The second-order valence-electron chi connectivity index (χ2n) is 4.46. The predicted octanol–water partition coefficient (Wildman–Crippen LogP) is 1.39. The maximum Gasteiger partial charge on any atom is 0.343 e. The smallest absolute Gasteiger partial charge is 0.343 e. The third-order valence-electron chi connectivity index (χ3n) is 2.86. The van der Waals surface area contributed by atoms with Gasteiger partial charge in [-0.05, 0) is 31.2 Å². The third kappa shape index (κ3) is 3.32. The summed E-state index contributed by atoms with van der Waals surface area (Å²) in [5.74, 6) is 2.34. The van der Waals surface area contributed by atoms with Crippen molar-refractivity contribution >= 4 is 15.5 Å². The second kappa shape index (κ2) is 6.87. The summed E-state index contributed by atoms with van der Waals surface area (Å²) in [4.78, 5) is 24.1. The maximum atomic E-state index is 12.4. The van der Waals surface area contributed by atoms with E-state index in [0.29, 0.717) is 20.9 Å². The summed E-state index contributed by atoms with van der Waals surface area (Å²) in [5.41, 5.74) is 4.35. The van der Waals surface area contributed by atoms with Crippen molar-refractivity contribution in [2.24, 2.45) is 0 Å². The Morgan fingerprint density at radius 2 is 2.14 bits per heavy atom. The van der Waals surface area contributed by atoms with E-state index in [4.69, 9.17) is 0 Å². The van der Waals surface area contributed by atoms with E-state index >= 15 is 0 Å². The molecule has 0 N–H and O–H groups in total. The molecule has 6 heteroatoms. The van der Waals surface area contributed by atoms with Gasteiger partial charge in [-0.2, -0.15) is 9.78 Å². The average Bonchev–Trinajstić information content (AvgIpc) is 2.54. The lowest BCUT2D eigenvalue weighted by atomic mass is 10.2. The number of ether oxygens (including phenoxy) is 1. The van der Waals surface area contributed by atoms with Crippen molar-refractivity contribution in [3.63, 3.8) is 0 Å². The Balaban J connectivity index is 2.60. The molecule has 0 aliphatic rings. The summed E-state index contributed by atoms with van der Waals surface area (Å²) in [6.07, 6.45) is 0. The van der Waals surface area contributed by atoms with E-state index in [1.54, 1.807) is 25.1 Å². The van der Waals surface area contributed by atoms with Crippen molar-refractivity contribution < 1.29 is 9.53 Å². The number of aromatic nitrogens is 2. The molecule has 2 radical (unpaired) electrons. The molecular weight excluding hydrogens is 296 g/mol. The zero-order chi connectivity index (χ0) is 16.1. The first kappa shape index (κ1) is 15.7. The highest BCUT2D eigenvalue weighted by Crippen LogP contribution is 2.08. The number of hydrogen-bond acceptors (Lipinski definition) is 4. The average molecular weight is 310 g/mol. The van der Waals surface area contributed by atoms with Crippen LogP contribution in [0.2, 0.25) is 6.55 Å². The molecule has 0 saturated carbocycles. The van der Waals surface area contributed by atoms with Gasteiger partial charge in [0.2, 0.25) is 0 Å². The van der Waals surface area contributed by atoms with Gasteiger partial charge in [0.05, 0.1) is 18.5 Å². The number of carbonyl (C=O) groups is 1. The van der Waals surface area contributed by atoms with Crippen LogP contribution in [0.25, 0.3) is 5.69 Å². The Hall–Kier alpha value is -2.65. The number of nitrogens with zero attached hydrogens (tertiary/aromatic N) is 2. The molecule has 2 aromatic rings. The minimum absolute atomic E-state index is 0.0403. The van der Waals surface area contributed by atoms with Crippen molar-refractivity contribution in [3.8, 4) is 17.2 Å². The number of hydrogen-bond donors (Lipinski definition) is 0. The largest absolute Gasteiger partial charge is 0.465 e. The summed E-state index contributed by atoms with van der Waals surface area (Å²) in [7, 11) is 1.77. The summed E-state index contributed by atoms with van der Waals surface area (Å²) in [6, 6.07) is 8.59. The van der Waals surface area contributed by atoms with Crippen molar-refractivity contribution in [2.75, 3.05) is 7.11 Å². The van der Waals surface area contributed by atoms with Gasteiger partial charge in [0.25, 0.3) is 5.56 Å². The SMILES string of the molecule is COC(=O)c1cc(C)nn(-c2cccc(C#C[Si]C)c2)c1=O. The molecule has 1 aromatic heterocycles. The van der Waals surface area contributed by atoms with Crippen LogP contribution in [-0.4, -0.2) is 32.4 Å². The summed E-state index contributed by atoms with van der Waals surface area (Å²) < 4.78 is 5.83. The zero-order valence-electron chi connectivity index (χ0n) is 12.5. The Morgan fingerprint density at radius 1 is 1.36 bits per heavy atom. The predicted molar refractivity (Wildman–Crippen MR) is 84.4 cm³/mol. The molecule has 1 heterocycles. The highest BCUT2D eigenvalue weighted by molar-refractivity contribution is 6.44. The van der Waals surface area contributed by atoms with Crippen LogP contribution < -0.4 is 5.56 Å². The van der Waals surface area contributed by atoms with Crippen molar-refractivity contribution in [1.82, 2.24) is 9.78 Å². The number of methoxy groups -OCH3 is 1. The summed E-state index contributed by atoms with van der Waals surface area (Å²) >= 11 is 0. The summed E-state index contributed by atoms with van der Waals surface area (Å²) in [6.45, 7) is 3.70. The molecule has 5 nitrogen and oxygen atoms in total. The fourth-order valence-corrected chi connectivity index (χ4v) is 2.17. The Morgan fingerprint density at radius 3 is 2.82 bits per heavy atom. The van der Waals surface area contributed by atoms with E-state index in [0.717, 1.165) is 5.56 Å². The van der Waals surface area contributed by atoms with Gasteiger partial charge in [0, 0.05) is 5.56 Å². The molecule has 0 aliphatic carbocycles. The van der Waals surface area contributed by atoms with Crippen LogP contribution in [-0.2, 0) is 4.74 Å². The number of rotatable bonds is 2. The monoisotopic (exact) mass is 310 g/mol. The van der Waals surface area contributed by atoms with Crippen LogP contribution in [0.4, 0.5) is 0 Å². The van der Waals surface area contributed by atoms with E-state index in [9.17, 15) is 9.59 Å². The van der Waals surface area contributed by atoms with Crippen molar-refractivity contribution in [3.05, 3.63) is 57.5 Å². The Bertz CT molecular complexity index is 831. The van der Waals surface area contributed by atoms with E-state index in [1.165, 1.54) is 17.9 Å². The van der Waals surface area contributed by atoms with Crippen molar-refractivity contribution in [2.45, 2.75) is 13.5 Å². The second-order valence-corrected chi connectivity index (χ2v) is 5.21. The first-order chi connectivity index (χ1) is 10.6. The maximum absolute atomic E-state index is 12.4. The quantitative estimate of drug-likeness (QED) is 0.478. The van der Waals surface area contributed by atoms with Gasteiger partial charge in [-0.3, -0.25) is 4.79 Å². The van der Waals surface area contributed by atoms with E-state index in [-0.39, 0.29) is 5.56 Å². The van der Waals surface area contributed by atoms with Gasteiger partial charge < -0.3 is 4.74 Å². The Kier molecular flexibility index (Phi) is 4.91. The summed E-state index contributed by atoms with van der Waals surface area (Å²) in [5, 5.41) is 4.19. The highest BCUT2D eigenvalue weighted by atomic mass is 28.2. The molecule has 0 aliphatic heterocycles. The van der Waals surface area contributed by atoms with Gasteiger partial charge in [-0.25, -0.2) is 4.79 Å². The fourth-order valence-electron chi connectivity index (χ4n) is 1.90. The topological polar surface area (TPSA) is 61.2 Å². The lowest BCUT2D eigenvalue weighted by molar-refractivity contribution is 0.0597. The normalized spacial score (nSPS) is 9.77. The zero-order valence-corrected chi connectivity index (χ0v) is 13.5. The van der Waals surface area contributed by atoms with Gasteiger partial charge in [-0.15, -0.1) is 5.54 Å². The molecule has 22 heavy (non-hydrogen) atoms. The van der Waals surface area contributed by atoms with Crippen LogP contribution in [0.1, 0.15) is 21.6 Å². The molecule has 0 amide bonds.